The Morgan fingerprint density at radius 1 is 0.780 bits per heavy atom. The van der Waals surface area contributed by atoms with Gasteiger partial charge in [-0.25, -0.2) is 4.90 Å². The summed E-state index contributed by atoms with van der Waals surface area (Å²) in [5.41, 5.74) is -0.876. The number of fused-ring (bicyclic) bond motifs is 3. The van der Waals surface area contributed by atoms with Gasteiger partial charge in [0.05, 0.1) is 29.1 Å². The van der Waals surface area contributed by atoms with Crippen LogP contribution in [0.5, 0.6) is 0 Å². The number of amides is 2. The van der Waals surface area contributed by atoms with Crippen LogP contribution >= 0.6 is 11.6 Å². The van der Waals surface area contributed by atoms with Crippen molar-refractivity contribution in [3.05, 3.63) is 125 Å². The molecule has 2 amide bonds. The monoisotopic (exact) mass is 576 g/mol. The fourth-order valence-corrected chi connectivity index (χ4v) is 6.01. The third kappa shape index (κ3) is 4.37. The molecule has 10 heteroatoms. The number of para-hydroxylation sites is 1. The first-order chi connectivity index (χ1) is 19.6. The van der Waals surface area contributed by atoms with Crippen LogP contribution < -0.4 is 4.90 Å². The summed E-state index contributed by atoms with van der Waals surface area (Å²) in [5, 5.41) is 0.385. The van der Waals surface area contributed by atoms with Crippen LogP contribution in [0, 0.1) is 11.8 Å². The maximum Gasteiger partial charge on any atom is 0.418 e. The maximum absolute atomic E-state index is 13.9. The number of halogens is 4. The number of nitrogens with zero attached hydrogens (tertiary/aromatic N) is 2. The number of allylic oxidation sites excluding steroid dienone is 2. The molecule has 0 spiro atoms. The quantitative estimate of drug-likeness (QED) is 0.286. The molecule has 3 aliphatic heterocycles. The average Bonchev–Trinajstić information content (AvgIpc) is 3.44. The second-order valence-electron chi connectivity index (χ2n) is 9.97. The van der Waals surface area contributed by atoms with Gasteiger partial charge in [-0.3, -0.25) is 19.2 Å². The predicted octanol–water partition coefficient (Wildman–Crippen LogP) is 5.74. The minimum atomic E-state index is -4.83. The van der Waals surface area contributed by atoms with Gasteiger partial charge in [0.25, 0.3) is 0 Å². The van der Waals surface area contributed by atoms with E-state index >= 15 is 0 Å². The molecule has 0 saturated carbocycles. The molecule has 0 unspecified atom stereocenters. The number of hydrogen-bond acceptors (Lipinski definition) is 5. The van der Waals surface area contributed by atoms with Gasteiger partial charge in [0.1, 0.15) is 6.04 Å². The van der Waals surface area contributed by atoms with Crippen LogP contribution in [0.4, 0.5) is 18.9 Å². The number of anilines is 1. The lowest BCUT2D eigenvalue weighted by atomic mass is 9.85. The second kappa shape index (κ2) is 9.85. The van der Waals surface area contributed by atoms with E-state index in [0.717, 1.165) is 12.1 Å². The minimum absolute atomic E-state index is 0.219. The van der Waals surface area contributed by atoms with Crippen molar-refractivity contribution >= 4 is 40.7 Å². The van der Waals surface area contributed by atoms with Gasteiger partial charge >= 0.3 is 6.18 Å². The molecule has 3 aliphatic rings. The van der Waals surface area contributed by atoms with Gasteiger partial charge in [0.2, 0.25) is 11.8 Å². The van der Waals surface area contributed by atoms with Crippen molar-refractivity contribution in [3.63, 3.8) is 0 Å². The minimum Gasteiger partial charge on any atom is -0.359 e. The van der Waals surface area contributed by atoms with Gasteiger partial charge in [0.15, 0.2) is 11.6 Å². The van der Waals surface area contributed by atoms with E-state index in [1.165, 1.54) is 54.8 Å². The fraction of sp³-hybridized carbons (Fsp3) is 0.161. The summed E-state index contributed by atoms with van der Waals surface area (Å²) < 4.78 is 41.7. The second-order valence-corrected chi connectivity index (χ2v) is 10.4. The van der Waals surface area contributed by atoms with Gasteiger partial charge in [-0.2, -0.15) is 13.2 Å². The van der Waals surface area contributed by atoms with Crippen molar-refractivity contribution in [1.29, 1.82) is 0 Å². The number of rotatable bonds is 5. The van der Waals surface area contributed by atoms with E-state index in [2.05, 4.69) is 0 Å². The van der Waals surface area contributed by atoms with Crippen LogP contribution in [0.2, 0.25) is 5.02 Å². The number of carbonyl (C=O) groups excluding carboxylic acids is 4. The molecule has 6 nitrogen and oxygen atoms in total. The summed E-state index contributed by atoms with van der Waals surface area (Å²) in [6.45, 7) is 0. The summed E-state index contributed by atoms with van der Waals surface area (Å²) in [7, 11) is 0. The average molecular weight is 577 g/mol. The molecule has 0 N–H and O–H groups in total. The number of hydrogen-bond donors (Lipinski definition) is 0. The molecular weight excluding hydrogens is 557 g/mol. The van der Waals surface area contributed by atoms with Gasteiger partial charge in [-0.05, 0) is 42.5 Å². The number of benzene rings is 3. The zero-order chi connectivity index (χ0) is 29.1. The lowest BCUT2D eigenvalue weighted by molar-refractivity contribution is -0.137. The highest BCUT2D eigenvalue weighted by Crippen LogP contribution is 2.49. The number of alkyl halides is 3. The van der Waals surface area contributed by atoms with E-state index in [4.69, 9.17) is 11.6 Å². The van der Waals surface area contributed by atoms with Crippen LogP contribution in [0.1, 0.15) is 26.3 Å². The van der Waals surface area contributed by atoms with E-state index < -0.39 is 58.9 Å². The largest absolute Gasteiger partial charge is 0.418 e. The van der Waals surface area contributed by atoms with Crippen molar-refractivity contribution in [2.45, 2.75) is 18.3 Å². The highest BCUT2D eigenvalue weighted by Gasteiger charge is 2.64. The van der Waals surface area contributed by atoms with Crippen LogP contribution in [-0.4, -0.2) is 40.4 Å². The number of imide groups is 1. The summed E-state index contributed by atoms with van der Waals surface area (Å²) in [6.07, 6.45) is -0.290. The molecule has 206 valence electrons. The van der Waals surface area contributed by atoms with Crippen molar-refractivity contribution in [3.8, 4) is 0 Å². The first kappa shape index (κ1) is 26.7. The zero-order valence-corrected chi connectivity index (χ0v) is 21.8. The third-order valence-corrected chi connectivity index (χ3v) is 7.95. The molecule has 6 rings (SSSR count). The smallest absolute Gasteiger partial charge is 0.359 e. The van der Waals surface area contributed by atoms with Crippen molar-refractivity contribution in [1.82, 2.24) is 4.90 Å². The highest BCUT2D eigenvalue weighted by molar-refractivity contribution is 6.30. The molecule has 3 aromatic rings. The first-order valence-electron chi connectivity index (χ1n) is 12.7. The Bertz CT molecular complexity index is 1650. The standard InChI is InChI=1S/C31H20ClF3N2O4/c32-20-12-10-18(11-13-20)28(39)26-25-24(23-16-19(14-15-36(23)26)27(38)17-6-2-1-3-7-17)29(40)37(30(25)41)22-9-5-4-8-21(22)31(33,34)35/h1-16,23-26H/t23-,24+,25-,26-/m1/s1. The topological polar surface area (TPSA) is 74.8 Å². The van der Waals surface area contributed by atoms with Gasteiger partial charge in [-0.15, -0.1) is 0 Å². The first-order valence-corrected chi connectivity index (χ1v) is 13.1. The predicted molar refractivity (Wildman–Crippen MR) is 144 cm³/mol. The Balaban J connectivity index is 1.46. The van der Waals surface area contributed by atoms with E-state index in [9.17, 15) is 32.3 Å². The van der Waals surface area contributed by atoms with Crippen LogP contribution in [0.15, 0.2) is 103 Å². The summed E-state index contributed by atoms with van der Waals surface area (Å²) >= 11 is 5.98. The zero-order valence-electron chi connectivity index (χ0n) is 21.1. The Labute approximate surface area is 237 Å². The Hall–Kier alpha value is -4.50. The molecular formula is C31H20ClF3N2O4. The van der Waals surface area contributed by atoms with Crippen molar-refractivity contribution < 1.29 is 32.3 Å². The van der Waals surface area contributed by atoms with Crippen molar-refractivity contribution in [2.75, 3.05) is 4.90 Å². The highest BCUT2D eigenvalue weighted by atomic mass is 35.5. The van der Waals surface area contributed by atoms with E-state index in [1.54, 1.807) is 35.2 Å². The lowest BCUT2D eigenvalue weighted by Gasteiger charge is -2.33. The van der Waals surface area contributed by atoms with Crippen LogP contribution in [-0.2, 0) is 15.8 Å². The molecule has 2 saturated heterocycles. The van der Waals surface area contributed by atoms with Gasteiger partial charge in [0, 0.05) is 27.9 Å². The molecule has 41 heavy (non-hydrogen) atoms. The van der Waals surface area contributed by atoms with E-state index in [0.29, 0.717) is 15.5 Å². The summed E-state index contributed by atoms with van der Waals surface area (Å²) in [4.78, 5) is 56.9. The molecule has 3 aromatic carbocycles. The van der Waals surface area contributed by atoms with E-state index in [-0.39, 0.29) is 16.9 Å². The molecule has 0 radical (unpaired) electrons. The van der Waals surface area contributed by atoms with Crippen LogP contribution in [0.25, 0.3) is 0 Å². The molecule has 0 aliphatic carbocycles. The molecule has 0 bridgehead atoms. The normalized spacial score (nSPS) is 23.4. The Morgan fingerprint density at radius 2 is 1.41 bits per heavy atom. The van der Waals surface area contributed by atoms with Crippen molar-refractivity contribution in [2.24, 2.45) is 11.8 Å². The fourth-order valence-electron chi connectivity index (χ4n) is 5.88. The SMILES string of the molecule is O=C(C1=C[C@@H]2[C@@H]3C(=O)N(c4ccccc4C(F)(F)F)C(=O)[C@H]3[C@H](C(=O)c3ccc(Cl)cc3)N2C=C1)c1ccccc1. The summed E-state index contributed by atoms with van der Waals surface area (Å²) in [5.74, 6) is -5.09. The maximum atomic E-state index is 13.9. The van der Waals surface area contributed by atoms with Crippen LogP contribution in [0.3, 0.4) is 0 Å². The third-order valence-electron chi connectivity index (χ3n) is 7.69. The lowest BCUT2D eigenvalue weighted by Crippen LogP contribution is -2.46. The Morgan fingerprint density at radius 3 is 2.10 bits per heavy atom. The summed E-state index contributed by atoms with van der Waals surface area (Å²) in [6, 6.07) is 16.6. The van der Waals surface area contributed by atoms with E-state index in [1.807, 2.05) is 0 Å². The number of ketones is 2. The Kier molecular flexibility index (Phi) is 6.42. The number of carbonyl (C=O) groups is 4. The van der Waals surface area contributed by atoms with Gasteiger partial charge < -0.3 is 4.90 Å². The van der Waals surface area contributed by atoms with Gasteiger partial charge in [-0.1, -0.05) is 60.1 Å². The molecule has 2 fully saturated rings. The molecule has 3 heterocycles. The molecule has 4 atom stereocenters. The molecule has 0 aromatic heterocycles. The number of Topliss-reactive ketones (excluding diaryl/α,β-unsaturated/α-hetero) is 2.